The van der Waals surface area contributed by atoms with Crippen LogP contribution in [-0.4, -0.2) is 4.98 Å². The van der Waals surface area contributed by atoms with Crippen LogP contribution in [0.25, 0.3) is 131 Å². The minimum atomic E-state index is 0.534. The molecule has 0 fully saturated rings. The summed E-state index contributed by atoms with van der Waals surface area (Å²) in [5.41, 5.74) is 17.1. The van der Waals surface area contributed by atoms with Crippen molar-refractivity contribution in [3.8, 4) is 44.6 Å². The highest BCUT2D eigenvalue weighted by atomic mass is 14.7. The van der Waals surface area contributed by atoms with E-state index >= 15 is 0 Å². The smallest absolute Gasteiger partial charge is 0.0794 e. The van der Waals surface area contributed by atoms with Gasteiger partial charge in [-0.05, 0) is 133 Å². The second kappa shape index (κ2) is 14.5. The van der Waals surface area contributed by atoms with Crippen LogP contribution in [0.5, 0.6) is 0 Å². The lowest BCUT2D eigenvalue weighted by molar-refractivity contribution is 1.07. The van der Waals surface area contributed by atoms with Crippen LogP contribution >= 0.6 is 0 Å². The highest BCUT2D eigenvalue weighted by molar-refractivity contribution is 6.28. The van der Waals surface area contributed by atoms with E-state index in [0.717, 1.165) is 49.8 Å². The van der Waals surface area contributed by atoms with E-state index in [1.807, 2.05) is 0 Å². The Morgan fingerprint density at radius 3 is 1.06 bits per heavy atom. The van der Waals surface area contributed by atoms with Crippen molar-refractivity contribution in [1.82, 2.24) is 4.98 Å². The quantitative estimate of drug-likeness (QED) is 0.176. The Labute approximate surface area is 370 Å². The van der Waals surface area contributed by atoms with E-state index in [0.29, 0.717) is 6.54 Å². The van der Waals surface area contributed by atoms with Crippen LogP contribution in [0.2, 0.25) is 0 Å². The lowest BCUT2D eigenvalue weighted by Gasteiger charge is -2.18. The molecule has 0 bridgehead atoms. The average Bonchev–Trinajstić information content (AvgIpc) is 3.38. The molecule has 0 unspecified atom stereocenters. The number of nitrogens with two attached hydrogens (primary N) is 1. The topological polar surface area (TPSA) is 38.9 Å². The van der Waals surface area contributed by atoms with E-state index in [1.165, 1.54) is 86.7 Å². The average molecular weight is 813 g/mol. The molecule has 2 heteroatoms. The molecule has 0 amide bonds. The van der Waals surface area contributed by atoms with Crippen LogP contribution in [-0.2, 0) is 6.54 Å². The molecule has 0 aliphatic rings. The van der Waals surface area contributed by atoms with E-state index < -0.39 is 0 Å². The number of nitrogens with zero attached hydrogens (tertiary/aromatic N) is 1. The number of pyridine rings is 1. The van der Waals surface area contributed by atoms with Gasteiger partial charge in [-0.3, -0.25) is 0 Å². The molecule has 0 aliphatic carbocycles. The largest absolute Gasteiger partial charge is 0.326 e. The van der Waals surface area contributed by atoms with E-state index in [4.69, 9.17) is 10.7 Å². The zero-order valence-electron chi connectivity index (χ0n) is 35.0. The van der Waals surface area contributed by atoms with Crippen LogP contribution in [0.4, 0.5) is 0 Å². The molecule has 2 N–H and O–H groups in total. The Kier molecular flexibility index (Phi) is 8.24. The molecular formula is C62H40N2. The molecule has 0 saturated heterocycles. The van der Waals surface area contributed by atoms with Gasteiger partial charge < -0.3 is 5.73 Å². The normalized spacial score (nSPS) is 11.9. The first-order valence-electron chi connectivity index (χ1n) is 22.1. The number of rotatable bonds is 5. The summed E-state index contributed by atoms with van der Waals surface area (Å²) in [4.78, 5) is 5.58. The second-order valence-corrected chi connectivity index (χ2v) is 17.1. The molecule has 1 aromatic heterocycles. The maximum absolute atomic E-state index is 5.91. The van der Waals surface area contributed by atoms with Crippen LogP contribution in [0.3, 0.4) is 0 Å². The second-order valence-electron chi connectivity index (χ2n) is 17.1. The van der Waals surface area contributed by atoms with Gasteiger partial charge in [-0.15, -0.1) is 0 Å². The van der Waals surface area contributed by atoms with Crippen molar-refractivity contribution in [2.45, 2.75) is 6.54 Å². The fourth-order valence-corrected chi connectivity index (χ4v) is 10.5. The van der Waals surface area contributed by atoms with Crippen molar-refractivity contribution >= 4 is 86.3 Å². The Bertz CT molecular complexity index is 3960. The molecule has 0 spiro atoms. The Balaban J connectivity index is 1.08. The van der Waals surface area contributed by atoms with Crippen LogP contribution in [0.15, 0.2) is 218 Å². The van der Waals surface area contributed by atoms with Crippen molar-refractivity contribution in [3.63, 3.8) is 0 Å². The van der Waals surface area contributed by atoms with Crippen molar-refractivity contribution in [2.75, 3.05) is 0 Å². The lowest BCUT2D eigenvalue weighted by atomic mass is 9.87. The third-order valence-electron chi connectivity index (χ3n) is 13.6. The predicted octanol–water partition coefficient (Wildman–Crippen LogP) is 16.4. The standard InChI is InChI=1S/C62H40N2/c63-37-38-21-23-39(24-22-38)40-25-27-41(28-26-40)61-36-57(43-30-32-54-49-16-4-2-12-45(49)47-14-6-8-18-51(47)59(54)34-43)60-35-56(52-19-9-10-20-55(52)62(60)64-61)42-29-31-53-48-15-3-1-11-44(48)46-13-5-7-17-50(46)58(53)33-42/h1-36H,37,63H2. The van der Waals surface area contributed by atoms with Gasteiger partial charge in [0.05, 0.1) is 11.2 Å². The van der Waals surface area contributed by atoms with Gasteiger partial charge >= 0.3 is 0 Å². The molecule has 13 aromatic rings. The molecule has 13 rings (SSSR count). The van der Waals surface area contributed by atoms with Gasteiger partial charge in [0.25, 0.3) is 0 Å². The van der Waals surface area contributed by atoms with Crippen molar-refractivity contribution < 1.29 is 0 Å². The van der Waals surface area contributed by atoms with Crippen molar-refractivity contribution in [1.29, 1.82) is 0 Å². The minimum Gasteiger partial charge on any atom is -0.326 e. The maximum Gasteiger partial charge on any atom is 0.0794 e. The summed E-state index contributed by atoms with van der Waals surface area (Å²) >= 11 is 0. The fourth-order valence-electron chi connectivity index (χ4n) is 10.5. The first-order valence-corrected chi connectivity index (χ1v) is 22.1. The molecular weight excluding hydrogens is 773 g/mol. The predicted molar refractivity (Wildman–Crippen MR) is 274 cm³/mol. The van der Waals surface area contributed by atoms with Crippen molar-refractivity contribution in [3.05, 3.63) is 224 Å². The van der Waals surface area contributed by atoms with Crippen LogP contribution in [0, 0.1) is 0 Å². The van der Waals surface area contributed by atoms with Gasteiger partial charge in [-0.1, -0.05) is 194 Å². The van der Waals surface area contributed by atoms with Gasteiger partial charge in [0.15, 0.2) is 0 Å². The summed E-state index contributed by atoms with van der Waals surface area (Å²) in [6.45, 7) is 0.534. The summed E-state index contributed by atoms with van der Waals surface area (Å²) in [7, 11) is 0. The number of benzene rings is 12. The molecule has 0 saturated carbocycles. The Morgan fingerprint density at radius 1 is 0.266 bits per heavy atom. The van der Waals surface area contributed by atoms with Gasteiger partial charge in [0.1, 0.15) is 0 Å². The minimum absolute atomic E-state index is 0.534. The van der Waals surface area contributed by atoms with E-state index in [2.05, 4.69) is 218 Å². The number of hydrogen-bond donors (Lipinski definition) is 1. The molecule has 0 atom stereocenters. The van der Waals surface area contributed by atoms with Gasteiger partial charge in [-0.2, -0.15) is 0 Å². The molecule has 298 valence electrons. The molecule has 12 aromatic carbocycles. The number of fused-ring (bicyclic) bond motifs is 15. The van der Waals surface area contributed by atoms with E-state index in [-0.39, 0.29) is 0 Å². The monoisotopic (exact) mass is 812 g/mol. The summed E-state index contributed by atoms with van der Waals surface area (Å²) in [6, 6.07) is 80.3. The Morgan fingerprint density at radius 2 is 0.609 bits per heavy atom. The number of aromatic nitrogens is 1. The third-order valence-corrected chi connectivity index (χ3v) is 13.6. The van der Waals surface area contributed by atoms with E-state index in [9.17, 15) is 0 Å². The summed E-state index contributed by atoms with van der Waals surface area (Å²) in [5.74, 6) is 0. The highest BCUT2D eigenvalue weighted by Crippen LogP contribution is 2.44. The van der Waals surface area contributed by atoms with Gasteiger partial charge in [-0.25, -0.2) is 4.98 Å². The first-order chi connectivity index (χ1) is 31.7. The van der Waals surface area contributed by atoms with Gasteiger partial charge in [0.2, 0.25) is 0 Å². The maximum atomic E-state index is 5.91. The summed E-state index contributed by atoms with van der Waals surface area (Å²) in [5, 5.41) is 18.7. The number of hydrogen-bond acceptors (Lipinski definition) is 2. The summed E-state index contributed by atoms with van der Waals surface area (Å²) in [6.07, 6.45) is 0. The SMILES string of the molecule is NCc1ccc(-c2ccc(-c3cc(-c4ccc5c6ccccc6c6ccccc6c5c4)c4cc(-c5ccc6c7ccccc7c7ccccc7c6c5)c5ccccc5c4n3)cc2)cc1. The fraction of sp³-hybridized carbons (Fsp3) is 0.0161. The van der Waals surface area contributed by atoms with Crippen LogP contribution in [0.1, 0.15) is 5.56 Å². The highest BCUT2D eigenvalue weighted by Gasteiger charge is 2.19. The van der Waals surface area contributed by atoms with Crippen molar-refractivity contribution in [2.24, 2.45) is 5.73 Å². The molecule has 0 radical (unpaired) electrons. The molecule has 64 heavy (non-hydrogen) atoms. The summed E-state index contributed by atoms with van der Waals surface area (Å²) < 4.78 is 0. The zero-order chi connectivity index (χ0) is 42.3. The lowest BCUT2D eigenvalue weighted by Crippen LogP contribution is -1.95. The Hall–Kier alpha value is -8.17. The van der Waals surface area contributed by atoms with Crippen LogP contribution < -0.4 is 5.73 Å². The van der Waals surface area contributed by atoms with Gasteiger partial charge in [0, 0.05) is 22.9 Å². The molecule has 2 nitrogen and oxygen atoms in total. The molecule has 1 heterocycles. The van der Waals surface area contributed by atoms with E-state index in [1.54, 1.807) is 0 Å². The first kappa shape index (κ1) is 36.5. The zero-order valence-corrected chi connectivity index (χ0v) is 35.0. The third kappa shape index (κ3) is 5.67. The molecule has 0 aliphatic heterocycles.